The van der Waals surface area contributed by atoms with Crippen LogP contribution in [-0.4, -0.2) is 23.0 Å². The maximum atomic E-state index is 12.4. The zero-order valence-corrected chi connectivity index (χ0v) is 12.6. The van der Waals surface area contributed by atoms with E-state index in [-0.39, 0.29) is 17.9 Å². The molecular formula is C16H27NO3. The van der Waals surface area contributed by atoms with Crippen molar-refractivity contribution >= 4 is 11.9 Å². The molecule has 4 nitrogen and oxygen atoms in total. The molecule has 0 aromatic rings. The van der Waals surface area contributed by atoms with Crippen LogP contribution in [0.25, 0.3) is 0 Å². The van der Waals surface area contributed by atoms with Crippen LogP contribution in [0.4, 0.5) is 0 Å². The Labute approximate surface area is 121 Å². The summed E-state index contributed by atoms with van der Waals surface area (Å²) in [7, 11) is 0. The fraction of sp³-hybridized carbons (Fsp3) is 0.875. The first-order valence-electron chi connectivity index (χ1n) is 8.04. The van der Waals surface area contributed by atoms with E-state index in [2.05, 4.69) is 12.2 Å². The molecule has 2 saturated carbocycles. The molecule has 0 heterocycles. The van der Waals surface area contributed by atoms with Gasteiger partial charge in [0.2, 0.25) is 5.91 Å². The van der Waals surface area contributed by atoms with E-state index < -0.39 is 11.9 Å². The molecule has 0 spiro atoms. The summed E-state index contributed by atoms with van der Waals surface area (Å²) < 4.78 is 0. The van der Waals surface area contributed by atoms with Crippen LogP contribution in [0.15, 0.2) is 0 Å². The Kier molecular flexibility index (Phi) is 5.06. The molecule has 0 bridgehead atoms. The van der Waals surface area contributed by atoms with Crippen molar-refractivity contribution in [2.75, 3.05) is 0 Å². The average molecular weight is 281 g/mol. The monoisotopic (exact) mass is 281 g/mol. The van der Waals surface area contributed by atoms with Gasteiger partial charge in [0.05, 0.1) is 11.8 Å². The minimum Gasteiger partial charge on any atom is -0.481 e. The third kappa shape index (κ3) is 3.53. The minimum absolute atomic E-state index is 0.0245. The molecule has 2 aliphatic rings. The molecule has 0 aliphatic heterocycles. The molecule has 1 amide bonds. The van der Waals surface area contributed by atoms with Gasteiger partial charge in [-0.3, -0.25) is 9.59 Å². The number of aliphatic carboxylic acids is 1. The van der Waals surface area contributed by atoms with Crippen LogP contribution in [0, 0.1) is 23.7 Å². The van der Waals surface area contributed by atoms with Crippen LogP contribution in [0.5, 0.6) is 0 Å². The molecule has 5 unspecified atom stereocenters. The molecule has 2 rings (SSSR count). The molecule has 0 aromatic carbocycles. The predicted molar refractivity (Wildman–Crippen MR) is 77.2 cm³/mol. The lowest BCUT2D eigenvalue weighted by molar-refractivity contribution is -0.146. The summed E-state index contributed by atoms with van der Waals surface area (Å²) in [6, 6.07) is 0.256. The van der Waals surface area contributed by atoms with Crippen LogP contribution in [0.3, 0.4) is 0 Å². The van der Waals surface area contributed by atoms with Gasteiger partial charge >= 0.3 is 5.97 Å². The van der Waals surface area contributed by atoms with E-state index in [4.69, 9.17) is 0 Å². The molecule has 2 N–H and O–H groups in total. The standard InChI is InChI=1S/C16H27NO3/c1-3-11-5-4-6-12(9-11)17-15(18)13-7-10(2)8-14(13)16(19)20/h10-14H,3-9H2,1-2H3,(H,17,18)(H,19,20). The molecule has 2 fully saturated rings. The Balaban J connectivity index is 1.92. The molecule has 20 heavy (non-hydrogen) atoms. The van der Waals surface area contributed by atoms with Crippen LogP contribution < -0.4 is 5.32 Å². The van der Waals surface area contributed by atoms with E-state index >= 15 is 0 Å². The van der Waals surface area contributed by atoms with E-state index in [9.17, 15) is 14.7 Å². The number of nitrogens with one attached hydrogen (secondary N) is 1. The fourth-order valence-electron chi connectivity index (χ4n) is 3.96. The molecule has 0 saturated heterocycles. The van der Waals surface area contributed by atoms with Crippen molar-refractivity contribution in [2.45, 2.75) is 64.8 Å². The summed E-state index contributed by atoms with van der Waals surface area (Å²) in [5.74, 6) is -0.610. The van der Waals surface area contributed by atoms with Gasteiger partial charge in [-0.25, -0.2) is 0 Å². The highest BCUT2D eigenvalue weighted by Gasteiger charge is 2.41. The second-order valence-corrected chi connectivity index (χ2v) is 6.77. The smallest absolute Gasteiger partial charge is 0.307 e. The normalized spacial score (nSPS) is 37.6. The van der Waals surface area contributed by atoms with Crippen molar-refractivity contribution < 1.29 is 14.7 Å². The highest BCUT2D eigenvalue weighted by Crippen LogP contribution is 2.37. The summed E-state index contributed by atoms with van der Waals surface area (Å²) in [5, 5.41) is 12.4. The van der Waals surface area contributed by atoms with E-state index in [0.717, 1.165) is 12.8 Å². The third-order valence-electron chi connectivity index (χ3n) is 5.16. The van der Waals surface area contributed by atoms with Gasteiger partial charge in [0.1, 0.15) is 0 Å². The van der Waals surface area contributed by atoms with Crippen molar-refractivity contribution in [3.05, 3.63) is 0 Å². The molecule has 0 radical (unpaired) electrons. The molecule has 5 atom stereocenters. The summed E-state index contributed by atoms with van der Waals surface area (Å²) >= 11 is 0. The first-order valence-corrected chi connectivity index (χ1v) is 8.04. The lowest BCUT2D eigenvalue weighted by Crippen LogP contribution is -2.43. The Morgan fingerprint density at radius 2 is 1.85 bits per heavy atom. The van der Waals surface area contributed by atoms with E-state index in [1.165, 1.54) is 19.3 Å². The lowest BCUT2D eigenvalue weighted by atomic mass is 9.83. The SMILES string of the molecule is CCC1CCCC(NC(=O)C2CC(C)CC2C(=O)O)C1. The Morgan fingerprint density at radius 3 is 2.50 bits per heavy atom. The second kappa shape index (κ2) is 6.59. The van der Waals surface area contributed by atoms with Gasteiger partial charge in [0.15, 0.2) is 0 Å². The lowest BCUT2D eigenvalue weighted by Gasteiger charge is -2.30. The number of rotatable bonds is 4. The van der Waals surface area contributed by atoms with Crippen LogP contribution in [0.1, 0.15) is 58.8 Å². The van der Waals surface area contributed by atoms with E-state index in [1.54, 1.807) is 0 Å². The Hall–Kier alpha value is -1.06. The van der Waals surface area contributed by atoms with Crippen LogP contribution >= 0.6 is 0 Å². The number of carbonyl (C=O) groups is 2. The van der Waals surface area contributed by atoms with Crippen molar-refractivity contribution in [3.8, 4) is 0 Å². The van der Waals surface area contributed by atoms with Gasteiger partial charge in [0, 0.05) is 6.04 Å². The Bertz CT molecular complexity index is 369. The maximum Gasteiger partial charge on any atom is 0.307 e. The van der Waals surface area contributed by atoms with Gasteiger partial charge in [-0.2, -0.15) is 0 Å². The fourth-order valence-corrected chi connectivity index (χ4v) is 3.96. The summed E-state index contributed by atoms with van der Waals surface area (Å²) in [6.45, 7) is 4.24. The Morgan fingerprint density at radius 1 is 1.15 bits per heavy atom. The topological polar surface area (TPSA) is 66.4 Å². The highest BCUT2D eigenvalue weighted by molar-refractivity contribution is 5.85. The molecular weight excluding hydrogens is 254 g/mol. The first kappa shape index (κ1) is 15.3. The van der Waals surface area contributed by atoms with Gasteiger partial charge in [-0.1, -0.05) is 33.1 Å². The molecule has 4 heteroatoms. The largest absolute Gasteiger partial charge is 0.481 e. The number of carbonyl (C=O) groups excluding carboxylic acids is 1. The van der Waals surface area contributed by atoms with E-state index in [1.807, 2.05) is 6.92 Å². The summed E-state index contributed by atoms with van der Waals surface area (Å²) in [5.41, 5.74) is 0. The number of carboxylic acids is 1. The van der Waals surface area contributed by atoms with Gasteiger partial charge < -0.3 is 10.4 Å². The molecule has 2 aliphatic carbocycles. The predicted octanol–water partition coefficient (Wildman–Crippen LogP) is 2.82. The minimum atomic E-state index is -0.815. The third-order valence-corrected chi connectivity index (χ3v) is 5.16. The van der Waals surface area contributed by atoms with Gasteiger partial charge in [-0.15, -0.1) is 0 Å². The van der Waals surface area contributed by atoms with Gasteiger partial charge in [-0.05, 0) is 37.5 Å². The summed E-state index contributed by atoms with van der Waals surface area (Å²) in [6.07, 6.45) is 7.06. The van der Waals surface area contributed by atoms with Gasteiger partial charge in [0.25, 0.3) is 0 Å². The quantitative estimate of drug-likeness (QED) is 0.832. The van der Waals surface area contributed by atoms with Crippen molar-refractivity contribution in [2.24, 2.45) is 23.7 Å². The van der Waals surface area contributed by atoms with Crippen LogP contribution in [-0.2, 0) is 9.59 Å². The molecule has 114 valence electrons. The number of hydrogen-bond donors (Lipinski definition) is 2. The zero-order chi connectivity index (χ0) is 14.7. The number of amides is 1. The first-order chi connectivity index (χ1) is 9.51. The highest BCUT2D eigenvalue weighted by atomic mass is 16.4. The van der Waals surface area contributed by atoms with Crippen molar-refractivity contribution in [1.82, 2.24) is 5.32 Å². The van der Waals surface area contributed by atoms with Crippen LogP contribution in [0.2, 0.25) is 0 Å². The molecule has 0 aromatic heterocycles. The van der Waals surface area contributed by atoms with E-state index in [0.29, 0.717) is 24.7 Å². The summed E-state index contributed by atoms with van der Waals surface area (Å²) in [4.78, 5) is 23.7. The van der Waals surface area contributed by atoms with Crippen molar-refractivity contribution in [3.63, 3.8) is 0 Å². The zero-order valence-electron chi connectivity index (χ0n) is 12.6. The average Bonchev–Trinajstić information content (AvgIpc) is 2.81. The second-order valence-electron chi connectivity index (χ2n) is 6.77. The number of carboxylic acid groups (broad SMARTS) is 1. The maximum absolute atomic E-state index is 12.4. The number of hydrogen-bond acceptors (Lipinski definition) is 2. The van der Waals surface area contributed by atoms with Crippen molar-refractivity contribution in [1.29, 1.82) is 0 Å².